The van der Waals surface area contributed by atoms with E-state index in [1.807, 2.05) is 43.5 Å². The van der Waals surface area contributed by atoms with Crippen LogP contribution in [0.15, 0.2) is 67.4 Å². The molecule has 0 unspecified atom stereocenters. The molecule has 0 radical (unpaired) electrons. The normalized spacial score (nSPS) is 11.8. The summed E-state index contributed by atoms with van der Waals surface area (Å²) in [7, 11) is 0. The van der Waals surface area contributed by atoms with Crippen LogP contribution in [-0.4, -0.2) is 4.98 Å². The number of aryl methyl sites for hydroxylation is 2. The number of nitrogens with zero attached hydrogens (tertiary/aromatic N) is 1. The predicted octanol–water partition coefficient (Wildman–Crippen LogP) is 6.01. The first-order valence-corrected chi connectivity index (χ1v) is 7.80. The Bertz CT molecular complexity index is 776. The number of pyridine rings is 1. The minimum absolute atomic E-state index is 0.897. The smallest absolute Gasteiger partial charge is 0.0701 e. The fraction of sp³-hybridized carbons (Fsp3) is 0.136. The third-order valence-corrected chi connectivity index (χ3v) is 3.59. The van der Waals surface area contributed by atoms with E-state index >= 15 is 0 Å². The van der Waals surface area contributed by atoms with E-state index in [0.29, 0.717) is 0 Å². The highest BCUT2D eigenvalue weighted by Crippen LogP contribution is 2.17. The van der Waals surface area contributed by atoms with Gasteiger partial charge in [0.05, 0.1) is 5.69 Å². The standard InChI is InChI=1S/C22H23N/c1-5-6-7-8-18(3)22-16-20(13-14-23-22)10-12-21-11-9-17(2)15-19(21)4/h5-16H,3H2,1-2,4H3/b6-5-,8-7-,12-10-. The third-order valence-electron chi connectivity index (χ3n) is 3.59. The van der Waals surface area contributed by atoms with Crippen molar-refractivity contribution in [1.29, 1.82) is 0 Å². The monoisotopic (exact) mass is 301 g/mol. The second-order valence-electron chi connectivity index (χ2n) is 5.58. The summed E-state index contributed by atoms with van der Waals surface area (Å²) in [6, 6.07) is 10.6. The van der Waals surface area contributed by atoms with Crippen molar-refractivity contribution in [3.05, 3.63) is 95.4 Å². The quantitative estimate of drug-likeness (QED) is 0.616. The molecule has 1 aromatic heterocycles. The maximum atomic E-state index is 4.39. The molecule has 0 aliphatic heterocycles. The van der Waals surface area contributed by atoms with Crippen molar-refractivity contribution in [1.82, 2.24) is 4.98 Å². The molecule has 1 heterocycles. The van der Waals surface area contributed by atoms with Crippen LogP contribution < -0.4 is 0 Å². The summed E-state index contributed by atoms with van der Waals surface area (Å²) in [5.41, 5.74) is 6.74. The molecular weight excluding hydrogens is 278 g/mol. The zero-order chi connectivity index (χ0) is 16.7. The van der Waals surface area contributed by atoms with Gasteiger partial charge in [0.15, 0.2) is 0 Å². The second kappa shape index (κ2) is 8.09. The largest absolute Gasteiger partial charge is 0.256 e. The molecule has 0 aliphatic carbocycles. The van der Waals surface area contributed by atoms with Crippen molar-refractivity contribution in [2.45, 2.75) is 20.8 Å². The zero-order valence-corrected chi connectivity index (χ0v) is 14.1. The highest BCUT2D eigenvalue weighted by atomic mass is 14.7. The van der Waals surface area contributed by atoms with Gasteiger partial charge in [0.2, 0.25) is 0 Å². The zero-order valence-electron chi connectivity index (χ0n) is 14.1. The molecule has 0 bridgehead atoms. The van der Waals surface area contributed by atoms with Crippen molar-refractivity contribution >= 4 is 17.7 Å². The van der Waals surface area contributed by atoms with Gasteiger partial charge < -0.3 is 0 Å². The van der Waals surface area contributed by atoms with E-state index in [1.165, 1.54) is 16.7 Å². The molecule has 1 heteroatoms. The minimum atomic E-state index is 0.897. The highest BCUT2D eigenvalue weighted by molar-refractivity contribution is 5.75. The van der Waals surface area contributed by atoms with Crippen LogP contribution in [0.25, 0.3) is 17.7 Å². The number of benzene rings is 1. The highest BCUT2D eigenvalue weighted by Gasteiger charge is 1.98. The number of allylic oxidation sites excluding steroid dienone is 5. The van der Waals surface area contributed by atoms with Crippen molar-refractivity contribution in [3.63, 3.8) is 0 Å². The van der Waals surface area contributed by atoms with Gasteiger partial charge in [0, 0.05) is 6.20 Å². The maximum absolute atomic E-state index is 4.39. The summed E-state index contributed by atoms with van der Waals surface area (Å²) in [6.45, 7) is 10.3. The molecular formula is C22H23N. The molecule has 0 N–H and O–H groups in total. The molecule has 0 atom stereocenters. The third kappa shape index (κ3) is 4.93. The summed E-state index contributed by atoms with van der Waals surface area (Å²) in [4.78, 5) is 4.39. The lowest BCUT2D eigenvalue weighted by atomic mass is 10.0. The van der Waals surface area contributed by atoms with Gasteiger partial charge in [-0.05, 0) is 55.2 Å². The maximum Gasteiger partial charge on any atom is 0.0701 e. The molecule has 1 aromatic carbocycles. The molecule has 0 saturated heterocycles. The SMILES string of the molecule is C=C(/C=C\C=C/C)c1cc(/C=C\c2ccc(C)cc2C)ccn1. The molecule has 0 spiro atoms. The Morgan fingerprint density at radius 2 is 1.87 bits per heavy atom. The Hall–Kier alpha value is -2.67. The molecule has 2 aromatic rings. The molecule has 0 amide bonds. The van der Waals surface area contributed by atoms with Crippen LogP contribution in [0, 0.1) is 13.8 Å². The van der Waals surface area contributed by atoms with Gasteiger partial charge in [-0.3, -0.25) is 4.98 Å². The summed E-state index contributed by atoms with van der Waals surface area (Å²) in [5, 5.41) is 0. The van der Waals surface area contributed by atoms with Crippen molar-refractivity contribution in [3.8, 4) is 0 Å². The number of rotatable bonds is 5. The second-order valence-corrected chi connectivity index (χ2v) is 5.58. The lowest BCUT2D eigenvalue weighted by Gasteiger charge is -2.03. The summed E-state index contributed by atoms with van der Waals surface area (Å²) < 4.78 is 0. The van der Waals surface area contributed by atoms with Crippen molar-refractivity contribution in [2.75, 3.05) is 0 Å². The first-order valence-electron chi connectivity index (χ1n) is 7.80. The van der Waals surface area contributed by atoms with Crippen LogP contribution in [0.2, 0.25) is 0 Å². The van der Waals surface area contributed by atoms with Crippen LogP contribution in [0.1, 0.15) is 34.9 Å². The van der Waals surface area contributed by atoms with Crippen molar-refractivity contribution in [2.24, 2.45) is 0 Å². The first-order chi connectivity index (χ1) is 11.1. The first kappa shape index (κ1) is 16.7. The Labute approximate surface area is 139 Å². The topological polar surface area (TPSA) is 12.9 Å². The Morgan fingerprint density at radius 3 is 2.61 bits per heavy atom. The van der Waals surface area contributed by atoms with E-state index in [1.54, 1.807) is 0 Å². The van der Waals surface area contributed by atoms with Crippen LogP contribution in [0.3, 0.4) is 0 Å². The van der Waals surface area contributed by atoms with Gasteiger partial charge >= 0.3 is 0 Å². The number of hydrogen-bond donors (Lipinski definition) is 0. The van der Waals surface area contributed by atoms with Gasteiger partial charge in [-0.15, -0.1) is 0 Å². The van der Waals surface area contributed by atoms with Gasteiger partial charge in [-0.1, -0.05) is 66.8 Å². The van der Waals surface area contributed by atoms with Gasteiger partial charge in [-0.25, -0.2) is 0 Å². The van der Waals surface area contributed by atoms with E-state index in [9.17, 15) is 0 Å². The van der Waals surface area contributed by atoms with E-state index in [2.05, 4.69) is 61.8 Å². The molecule has 2 rings (SSSR count). The molecule has 0 aliphatic rings. The molecule has 1 nitrogen and oxygen atoms in total. The van der Waals surface area contributed by atoms with E-state index in [-0.39, 0.29) is 0 Å². The average molecular weight is 301 g/mol. The minimum Gasteiger partial charge on any atom is -0.256 e. The Kier molecular flexibility index (Phi) is 5.87. The number of aromatic nitrogens is 1. The summed E-state index contributed by atoms with van der Waals surface area (Å²) in [6.07, 6.45) is 14.0. The fourth-order valence-corrected chi connectivity index (χ4v) is 2.29. The van der Waals surface area contributed by atoms with Crippen molar-refractivity contribution < 1.29 is 0 Å². The van der Waals surface area contributed by atoms with Gasteiger partial charge in [0.1, 0.15) is 0 Å². The summed E-state index contributed by atoms with van der Waals surface area (Å²) in [5.74, 6) is 0. The van der Waals surface area contributed by atoms with Crippen LogP contribution >= 0.6 is 0 Å². The average Bonchev–Trinajstić information content (AvgIpc) is 2.54. The predicted molar refractivity (Wildman–Crippen MR) is 102 cm³/mol. The van der Waals surface area contributed by atoms with Gasteiger partial charge in [-0.2, -0.15) is 0 Å². The molecule has 0 saturated carbocycles. The Balaban J connectivity index is 2.19. The van der Waals surface area contributed by atoms with E-state index in [4.69, 9.17) is 0 Å². The molecule has 0 fully saturated rings. The van der Waals surface area contributed by atoms with E-state index in [0.717, 1.165) is 16.8 Å². The summed E-state index contributed by atoms with van der Waals surface area (Å²) >= 11 is 0. The van der Waals surface area contributed by atoms with Gasteiger partial charge in [0.25, 0.3) is 0 Å². The molecule has 23 heavy (non-hydrogen) atoms. The number of hydrogen-bond acceptors (Lipinski definition) is 1. The van der Waals surface area contributed by atoms with Crippen LogP contribution in [0.4, 0.5) is 0 Å². The van der Waals surface area contributed by atoms with Crippen LogP contribution in [-0.2, 0) is 0 Å². The fourth-order valence-electron chi connectivity index (χ4n) is 2.29. The lowest BCUT2D eigenvalue weighted by Crippen LogP contribution is -1.87. The van der Waals surface area contributed by atoms with Crippen LogP contribution in [0.5, 0.6) is 0 Å². The molecule has 116 valence electrons. The lowest BCUT2D eigenvalue weighted by molar-refractivity contribution is 1.28. The van der Waals surface area contributed by atoms with E-state index < -0.39 is 0 Å². The Morgan fingerprint density at radius 1 is 1.04 bits per heavy atom.